The summed E-state index contributed by atoms with van der Waals surface area (Å²) >= 11 is 0. The van der Waals surface area contributed by atoms with E-state index in [1.807, 2.05) is 41.5 Å². The molecule has 0 aliphatic carbocycles. The highest BCUT2D eigenvalue weighted by molar-refractivity contribution is 5.87. The average molecular weight is 406 g/mol. The van der Waals surface area contributed by atoms with Crippen molar-refractivity contribution in [3.8, 4) is 0 Å². The van der Waals surface area contributed by atoms with Crippen LogP contribution >= 0.6 is 0 Å². The standard InChI is InChI=1S/C20H39NO7/c1-19(2,3)27-17-15(11-13(24)7-9-22)21(26)16(12-14(25)8-10-23)18(17)28-20(4,5)6/h13-15,17-18,22-25H,7-12H2,1-6H3/t13-,14-,15+,17+,18+/m1/s1. The van der Waals surface area contributed by atoms with Gasteiger partial charge in [0.2, 0.25) is 0 Å². The summed E-state index contributed by atoms with van der Waals surface area (Å²) < 4.78 is 13.2. The van der Waals surface area contributed by atoms with Gasteiger partial charge in [-0.25, -0.2) is 4.74 Å². The minimum Gasteiger partial charge on any atom is -0.623 e. The first-order chi connectivity index (χ1) is 12.8. The molecule has 0 aromatic heterocycles. The molecule has 0 bridgehead atoms. The molecule has 8 nitrogen and oxygen atoms in total. The first kappa shape index (κ1) is 25.3. The lowest BCUT2D eigenvalue weighted by Gasteiger charge is -2.33. The highest BCUT2D eigenvalue weighted by atomic mass is 16.6. The molecule has 0 fully saturated rings. The molecule has 28 heavy (non-hydrogen) atoms. The molecule has 0 aromatic carbocycles. The normalized spacial score (nSPS) is 26.0. The molecular formula is C20H39NO7. The van der Waals surface area contributed by atoms with E-state index in [0.717, 1.165) is 4.74 Å². The number of hydrogen-bond acceptors (Lipinski definition) is 7. The number of hydroxylamine groups is 1. The summed E-state index contributed by atoms with van der Waals surface area (Å²) in [6.45, 7) is 10.9. The van der Waals surface area contributed by atoms with Crippen LogP contribution in [0.15, 0.2) is 0 Å². The summed E-state index contributed by atoms with van der Waals surface area (Å²) in [5.41, 5.74) is -0.757. The van der Waals surface area contributed by atoms with Crippen molar-refractivity contribution in [2.45, 2.75) is 109 Å². The van der Waals surface area contributed by atoms with Gasteiger partial charge in [0.15, 0.2) is 24.0 Å². The van der Waals surface area contributed by atoms with E-state index in [2.05, 4.69) is 0 Å². The van der Waals surface area contributed by atoms with E-state index < -0.39 is 41.7 Å². The second-order valence-corrected chi connectivity index (χ2v) is 9.50. The molecular weight excluding hydrogens is 366 g/mol. The van der Waals surface area contributed by atoms with Crippen molar-refractivity contribution in [2.24, 2.45) is 0 Å². The molecule has 0 aromatic rings. The second-order valence-electron chi connectivity index (χ2n) is 9.50. The molecule has 166 valence electrons. The Balaban J connectivity index is 3.27. The summed E-state index contributed by atoms with van der Waals surface area (Å²) in [5.74, 6) is 0. The lowest BCUT2D eigenvalue weighted by atomic mass is 9.96. The molecule has 1 heterocycles. The van der Waals surface area contributed by atoms with Gasteiger partial charge in [-0.1, -0.05) is 0 Å². The van der Waals surface area contributed by atoms with Gasteiger partial charge in [-0.2, -0.15) is 0 Å². The molecule has 4 N–H and O–H groups in total. The van der Waals surface area contributed by atoms with Gasteiger partial charge in [0.05, 0.1) is 29.8 Å². The Bertz CT molecular complexity index is 510. The SMILES string of the molecule is CC(C)(C)O[C@@H]1[C@@H](OC(C)(C)C)C(C[C@H](O)CCO)=[N+]([O-])[C@H]1C[C@H](O)CCO. The summed E-state index contributed by atoms with van der Waals surface area (Å²) in [4.78, 5) is 0. The first-order valence-corrected chi connectivity index (χ1v) is 10.0. The molecule has 1 aliphatic rings. The molecule has 0 spiro atoms. The van der Waals surface area contributed by atoms with E-state index in [-0.39, 0.29) is 38.9 Å². The summed E-state index contributed by atoms with van der Waals surface area (Å²) in [5, 5.41) is 51.7. The maximum absolute atomic E-state index is 13.1. The average Bonchev–Trinajstić information content (AvgIpc) is 2.71. The minimum atomic E-state index is -0.876. The van der Waals surface area contributed by atoms with Gasteiger partial charge in [-0.05, 0) is 54.4 Å². The number of hydrogen-bond donors (Lipinski definition) is 4. The van der Waals surface area contributed by atoms with Crippen molar-refractivity contribution in [3.63, 3.8) is 0 Å². The maximum atomic E-state index is 13.1. The fraction of sp³-hybridized carbons (Fsp3) is 0.950. The predicted molar refractivity (Wildman–Crippen MR) is 106 cm³/mol. The van der Waals surface area contributed by atoms with Crippen LogP contribution in [0.3, 0.4) is 0 Å². The molecule has 0 amide bonds. The van der Waals surface area contributed by atoms with Crippen molar-refractivity contribution in [1.82, 2.24) is 0 Å². The van der Waals surface area contributed by atoms with E-state index in [4.69, 9.17) is 19.7 Å². The van der Waals surface area contributed by atoms with Gasteiger partial charge < -0.3 is 35.1 Å². The van der Waals surface area contributed by atoms with Gasteiger partial charge >= 0.3 is 0 Å². The lowest BCUT2D eigenvalue weighted by Crippen LogP contribution is -2.47. The highest BCUT2D eigenvalue weighted by Gasteiger charge is 2.52. The molecule has 8 heteroatoms. The second kappa shape index (κ2) is 10.3. The minimum absolute atomic E-state index is 0.0569. The third-order valence-electron chi connectivity index (χ3n) is 4.44. The molecule has 0 unspecified atom stereocenters. The number of rotatable bonds is 10. The zero-order chi connectivity index (χ0) is 21.7. The third kappa shape index (κ3) is 7.93. The first-order valence-electron chi connectivity index (χ1n) is 10.0. The van der Waals surface area contributed by atoms with Gasteiger partial charge in [0, 0.05) is 19.6 Å². The van der Waals surface area contributed by atoms with Crippen LogP contribution in [0.5, 0.6) is 0 Å². The van der Waals surface area contributed by atoms with E-state index in [1.54, 1.807) is 0 Å². The quantitative estimate of drug-likeness (QED) is 0.315. The zero-order valence-corrected chi connectivity index (χ0v) is 18.1. The fourth-order valence-corrected chi connectivity index (χ4v) is 3.40. The van der Waals surface area contributed by atoms with Crippen molar-refractivity contribution < 1.29 is 34.6 Å². The van der Waals surface area contributed by atoms with Crippen LogP contribution in [0, 0.1) is 5.21 Å². The van der Waals surface area contributed by atoms with Crippen LogP contribution in [0.2, 0.25) is 0 Å². The number of ether oxygens (including phenoxy) is 2. The smallest absolute Gasteiger partial charge is 0.198 e. The number of aliphatic hydroxyl groups is 4. The highest BCUT2D eigenvalue weighted by Crippen LogP contribution is 2.32. The Kier molecular flexibility index (Phi) is 9.31. The van der Waals surface area contributed by atoms with Crippen LogP contribution in [-0.4, -0.2) is 85.8 Å². The lowest BCUT2D eigenvalue weighted by molar-refractivity contribution is -0.508. The Hall–Kier alpha value is -0.770. The molecule has 0 radical (unpaired) electrons. The van der Waals surface area contributed by atoms with Gasteiger partial charge in [-0.15, -0.1) is 0 Å². The van der Waals surface area contributed by atoms with Gasteiger partial charge in [0.25, 0.3) is 0 Å². The van der Waals surface area contributed by atoms with Crippen LogP contribution in [-0.2, 0) is 9.47 Å². The van der Waals surface area contributed by atoms with E-state index in [9.17, 15) is 15.4 Å². The van der Waals surface area contributed by atoms with Crippen molar-refractivity contribution in [1.29, 1.82) is 0 Å². The molecule has 1 rings (SSSR count). The van der Waals surface area contributed by atoms with Crippen LogP contribution in [0.4, 0.5) is 0 Å². The summed E-state index contributed by atoms with van der Waals surface area (Å²) in [6.07, 6.45) is -2.55. The zero-order valence-electron chi connectivity index (χ0n) is 18.1. The Morgan fingerprint density at radius 2 is 1.43 bits per heavy atom. The van der Waals surface area contributed by atoms with Crippen molar-refractivity contribution in [2.75, 3.05) is 13.2 Å². The number of aliphatic hydroxyl groups excluding tert-OH is 4. The fourth-order valence-electron chi connectivity index (χ4n) is 3.40. The largest absolute Gasteiger partial charge is 0.623 e. The van der Waals surface area contributed by atoms with Crippen LogP contribution < -0.4 is 0 Å². The maximum Gasteiger partial charge on any atom is 0.198 e. The van der Waals surface area contributed by atoms with E-state index >= 15 is 0 Å². The monoisotopic (exact) mass is 405 g/mol. The summed E-state index contributed by atoms with van der Waals surface area (Å²) in [6, 6.07) is -0.704. The van der Waals surface area contributed by atoms with Gasteiger partial charge in [-0.3, -0.25) is 0 Å². The molecule has 1 aliphatic heterocycles. The Morgan fingerprint density at radius 3 is 1.89 bits per heavy atom. The van der Waals surface area contributed by atoms with Crippen LogP contribution in [0.25, 0.3) is 0 Å². The molecule has 0 saturated carbocycles. The van der Waals surface area contributed by atoms with Crippen molar-refractivity contribution in [3.05, 3.63) is 5.21 Å². The van der Waals surface area contributed by atoms with Gasteiger partial charge in [0.1, 0.15) is 0 Å². The topological polar surface area (TPSA) is 125 Å². The van der Waals surface area contributed by atoms with Crippen LogP contribution in [0.1, 0.15) is 67.2 Å². The molecule has 0 saturated heterocycles. The Morgan fingerprint density at radius 1 is 0.929 bits per heavy atom. The number of nitrogens with zero attached hydrogens (tertiary/aromatic N) is 1. The predicted octanol–water partition coefficient (Wildman–Crippen LogP) is 0.954. The Labute approximate surface area is 168 Å². The summed E-state index contributed by atoms with van der Waals surface area (Å²) in [7, 11) is 0. The van der Waals surface area contributed by atoms with Crippen molar-refractivity contribution >= 4 is 5.71 Å². The van der Waals surface area contributed by atoms with E-state index in [0.29, 0.717) is 5.71 Å². The van der Waals surface area contributed by atoms with E-state index in [1.165, 1.54) is 0 Å². The third-order valence-corrected chi connectivity index (χ3v) is 4.44. The molecule has 5 atom stereocenters.